The zero-order valence-corrected chi connectivity index (χ0v) is 13.0. The number of ether oxygens (including phenoxy) is 1. The Balaban J connectivity index is 1.65. The first kappa shape index (κ1) is 14.4. The Morgan fingerprint density at radius 2 is 2.08 bits per heavy atom. The van der Waals surface area contributed by atoms with Crippen LogP contribution in [0.4, 0.5) is 10.3 Å². The number of methoxy groups -OCH3 is 1. The van der Waals surface area contributed by atoms with Crippen molar-refractivity contribution in [2.24, 2.45) is 0 Å². The molecule has 1 N–H and O–H groups in total. The number of nitrogens with zero attached hydrogens (tertiary/aromatic N) is 3. The molecular formula is C18H15FN4O. The molecule has 0 spiro atoms. The second-order valence-electron chi connectivity index (χ2n) is 5.47. The van der Waals surface area contributed by atoms with Crippen LogP contribution >= 0.6 is 0 Å². The number of fused-ring (bicyclic) bond motifs is 1. The zero-order chi connectivity index (χ0) is 16.5. The number of halogens is 1. The fraction of sp³-hybridized carbons (Fsp3) is 0.111. The molecule has 0 radical (unpaired) electrons. The van der Waals surface area contributed by atoms with Gasteiger partial charge >= 0.3 is 0 Å². The van der Waals surface area contributed by atoms with Crippen LogP contribution in [0, 0.1) is 5.82 Å². The van der Waals surface area contributed by atoms with Crippen molar-refractivity contribution in [3.05, 3.63) is 65.6 Å². The third kappa shape index (κ3) is 2.52. The molecule has 0 bridgehead atoms. The lowest BCUT2D eigenvalue weighted by Crippen LogP contribution is -2.20. The molecule has 0 fully saturated rings. The summed E-state index contributed by atoms with van der Waals surface area (Å²) in [5, 5.41) is 7.02. The number of hydrogen-bond acceptors (Lipinski definition) is 4. The highest BCUT2D eigenvalue weighted by atomic mass is 19.1. The minimum atomic E-state index is -0.377. The average Bonchev–Trinajstić information content (AvgIpc) is 3.11. The molecule has 0 saturated heterocycles. The topological polar surface area (TPSA) is 54.0 Å². The molecule has 5 nitrogen and oxygen atoms in total. The average molecular weight is 322 g/mol. The van der Waals surface area contributed by atoms with Gasteiger partial charge in [0.25, 0.3) is 0 Å². The molecule has 4 rings (SSSR count). The Bertz CT molecular complexity index is 919. The van der Waals surface area contributed by atoms with Crippen LogP contribution in [0.5, 0.6) is 5.75 Å². The van der Waals surface area contributed by atoms with Crippen molar-refractivity contribution in [3.8, 4) is 17.1 Å². The summed E-state index contributed by atoms with van der Waals surface area (Å²) in [7, 11) is 1.54. The van der Waals surface area contributed by atoms with Crippen molar-refractivity contribution in [1.29, 1.82) is 0 Å². The highest BCUT2D eigenvalue weighted by Crippen LogP contribution is 2.27. The summed E-state index contributed by atoms with van der Waals surface area (Å²) in [6.45, 7) is 0.671. The van der Waals surface area contributed by atoms with Gasteiger partial charge in [-0.3, -0.25) is 5.10 Å². The molecule has 0 amide bonds. The third-order valence-corrected chi connectivity index (χ3v) is 3.99. The number of anilines is 1. The van der Waals surface area contributed by atoms with E-state index in [0.717, 1.165) is 0 Å². The van der Waals surface area contributed by atoms with Crippen LogP contribution in [-0.4, -0.2) is 22.3 Å². The van der Waals surface area contributed by atoms with Gasteiger partial charge in [-0.2, -0.15) is 4.98 Å². The van der Waals surface area contributed by atoms with Crippen LogP contribution in [0.2, 0.25) is 0 Å². The van der Waals surface area contributed by atoms with Gasteiger partial charge in [0.1, 0.15) is 11.6 Å². The van der Waals surface area contributed by atoms with Crippen molar-refractivity contribution in [1.82, 2.24) is 15.2 Å². The summed E-state index contributed by atoms with van der Waals surface area (Å²) < 4.78 is 19.2. The van der Waals surface area contributed by atoms with Crippen molar-refractivity contribution in [2.75, 3.05) is 12.0 Å². The van der Waals surface area contributed by atoms with E-state index in [2.05, 4.69) is 27.3 Å². The monoisotopic (exact) mass is 322 g/mol. The van der Waals surface area contributed by atoms with Crippen molar-refractivity contribution in [3.63, 3.8) is 0 Å². The fourth-order valence-corrected chi connectivity index (χ4v) is 2.70. The SMILES string of the molecule is COc1ccc(F)c(-c2nc(N3C=Cc4ccccc4C3)n[nH]2)c1. The maximum Gasteiger partial charge on any atom is 0.249 e. The molecule has 0 atom stereocenters. The van der Waals surface area contributed by atoms with Crippen LogP contribution in [0.3, 0.4) is 0 Å². The highest BCUT2D eigenvalue weighted by Gasteiger charge is 2.17. The molecular weight excluding hydrogens is 307 g/mol. The van der Waals surface area contributed by atoms with E-state index in [1.165, 1.54) is 17.2 Å². The van der Waals surface area contributed by atoms with E-state index in [1.807, 2.05) is 29.3 Å². The van der Waals surface area contributed by atoms with E-state index in [9.17, 15) is 4.39 Å². The van der Waals surface area contributed by atoms with Crippen LogP contribution in [-0.2, 0) is 6.54 Å². The predicted octanol–water partition coefficient (Wildman–Crippen LogP) is 3.61. The van der Waals surface area contributed by atoms with E-state index in [-0.39, 0.29) is 5.82 Å². The minimum absolute atomic E-state index is 0.328. The summed E-state index contributed by atoms with van der Waals surface area (Å²) in [6.07, 6.45) is 3.94. The first-order valence-corrected chi connectivity index (χ1v) is 7.53. The molecule has 2 aromatic carbocycles. The van der Waals surface area contributed by atoms with Gasteiger partial charge in [0, 0.05) is 6.20 Å². The summed E-state index contributed by atoms with van der Waals surface area (Å²) in [4.78, 5) is 6.34. The van der Waals surface area contributed by atoms with E-state index in [4.69, 9.17) is 4.74 Å². The van der Waals surface area contributed by atoms with Gasteiger partial charge in [-0.05, 0) is 35.4 Å². The third-order valence-electron chi connectivity index (χ3n) is 3.99. The van der Waals surface area contributed by atoms with Gasteiger partial charge in [0.2, 0.25) is 5.95 Å². The van der Waals surface area contributed by atoms with E-state index in [0.29, 0.717) is 29.6 Å². The van der Waals surface area contributed by atoms with Gasteiger partial charge in [-0.25, -0.2) is 4.39 Å². The summed E-state index contributed by atoms with van der Waals surface area (Å²) >= 11 is 0. The van der Waals surface area contributed by atoms with Gasteiger partial charge in [0.15, 0.2) is 5.82 Å². The molecule has 1 aliphatic rings. The van der Waals surface area contributed by atoms with Gasteiger partial charge in [-0.1, -0.05) is 24.3 Å². The molecule has 2 heterocycles. The fourth-order valence-electron chi connectivity index (χ4n) is 2.70. The Morgan fingerprint density at radius 1 is 1.21 bits per heavy atom. The first-order valence-electron chi connectivity index (χ1n) is 7.53. The number of benzene rings is 2. The molecule has 1 aliphatic heterocycles. The summed E-state index contributed by atoms with van der Waals surface area (Å²) in [5.74, 6) is 1.06. The summed E-state index contributed by atoms with van der Waals surface area (Å²) in [6, 6.07) is 12.7. The first-order chi connectivity index (χ1) is 11.7. The second kappa shape index (κ2) is 5.81. The van der Waals surface area contributed by atoms with Crippen LogP contribution in [0.1, 0.15) is 11.1 Å². The Morgan fingerprint density at radius 3 is 2.96 bits per heavy atom. The summed E-state index contributed by atoms with van der Waals surface area (Å²) in [5.41, 5.74) is 2.71. The lowest BCUT2D eigenvalue weighted by Gasteiger charge is -2.21. The quantitative estimate of drug-likeness (QED) is 0.800. The molecule has 0 unspecified atom stereocenters. The van der Waals surface area contributed by atoms with E-state index >= 15 is 0 Å². The van der Waals surface area contributed by atoms with Crippen molar-refractivity contribution in [2.45, 2.75) is 6.54 Å². The van der Waals surface area contributed by atoms with Crippen LogP contribution in [0.25, 0.3) is 17.5 Å². The lowest BCUT2D eigenvalue weighted by molar-refractivity contribution is 0.414. The predicted molar refractivity (Wildman–Crippen MR) is 90.0 cm³/mol. The number of aromatic amines is 1. The molecule has 0 aliphatic carbocycles. The number of hydrogen-bond donors (Lipinski definition) is 1. The molecule has 1 aromatic heterocycles. The Hall–Kier alpha value is -3.15. The molecule has 6 heteroatoms. The van der Waals surface area contributed by atoms with Gasteiger partial charge < -0.3 is 9.64 Å². The highest BCUT2D eigenvalue weighted by molar-refractivity contribution is 5.63. The normalized spacial score (nSPS) is 13.0. The molecule has 0 saturated carbocycles. The molecule has 120 valence electrons. The number of H-pyrrole nitrogens is 1. The standard InChI is InChI=1S/C18H15FN4O/c1-24-14-6-7-16(19)15(10-14)17-20-18(22-21-17)23-9-8-12-4-2-3-5-13(12)11-23/h2-10H,11H2,1H3,(H,20,21,22). The van der Waals surface area contributed by atoms with Gasteiger partial charge in [0.05, 0.1) is 19.2 Å². The minimum Gasteiger partial charge on any atom is -0.497 e. The number of aromatic nitrogens is 3. The van der Waals surface area contributed by atoms with Crippen LogP contribution in [0.15, 0.2) is 48.7 Å². The molecule has 3 aromatic rings. The maximum absolute atomic E-state index is 14.1. The van der Waals surface area contributed by atoms with E-state index < -0.39 is 0 Å². The van der Waals surface area contributed by atoms with Gasteiger partial charge in [-0.15, -0.1) is 5.10 Å². The molecule has 24 heavy (non-hydrogen) atoms. The van der Waals surface area contributed by atoms with E-state index in [1.54, 1.807) is 19.2 Å². The Kier molecular flexibility index (Phi) is 3.49. The lowest BCUT2D eigenvalue weighted by atomic mass is 10.0. The zero-order valence-electron chi connectivity index (χ0n) is 13.0. The van der Waals surface area contributed by atoms with Crippen LogP contribution < -0.4 is 9.64 Å². The maximum atomic E-state index is 14.1. The Labute approximate surface area is 138 Å². The number of nitrogens with one attached hydrogen (secondary N) is 1. The van der Waals surface area contributed by atoms with Crippen molar-refractivity contribution >= 4 is 12.0 Å². The second-order valence-corrected chi connectivity index (χ2v) is 5.47. The van der Waals surface area contributed by atoms with Crippen molar-refractivity contribution < 1.29 is 9.13 Å². The number of rotatable bonds is 3. The smallest absolute Gasteiger partial charge is 0.249 e. The largest absolute Gasteiger partial charge is 0.497 e.